The summed E-state index contributed by atoms with van der Waals surface area (Å²) in [7, 11) is 0. The lowest BCUT2D eigenvalue weighted by Gasteiger charge is -2.10. The average molecular weight is 260 g/mol. The van der Waals surface area contributed by atoms with Crippen molar-refractivity contribution in [3.05, 3.63) is 60.0 Å². The molecule has 0 aliphatic carbocycles. The number of aromatic nitrogens is 2. The van der Waals surface area contributed by atoms with Crippen LogP contribution < -0.4 is 5.32 Å². The number of aryl methyl sites for hydroxylation is 1. The molecule has 0 aliphatic rings. The summed E-state index contributed by atoms with van der Waals surface area (Å²) in [6.45, 7) is 1.96. The van der Waals surface area contributed by atoms with Crippen molar-refractivity contribution < 1.29 is 0 Å². The third-order valence-electron chi connectivity index (χ3n) is 3.04. The lowest BCUT2D eigenvalue weighted by Crippen LogP contribution is -1.97. The first-order valence-corrected chi connectivity index (χ1v) is 6.26. The van der Waals surface area contributed by atoms with E-state index in [2.05, 4.69) is 21.4 Å². The largest absolute Gasteiger partial charge is 0.351 e. The normalized spacial score (nSPS) is 10.2. The Morgan fingerprint density at radius 3 is 2.75 bits per heavy atom. The molecule has 0 radical (unpaired) electrons. The molecule has 1 aromatic carbocycles. The van der Waals surface area contributed by atoms with Crippen LogP contribution in [-0.2, 0) is 0 Å². The smallest absolute Gasteiger partial charge is 0.163 e. The van der Waals surface area contributed by atoms with Gasteiger partial charge in [0, 0.05) is 17.3 Å². The second-order valence-corrected chi connectivity index (χ2v) is 4.47. The van der Waals surface area contributed by atoms with Crippen molar-refractivity contribution in [2.24, 2.45) is 0 Å². The molecular formula is C16H12N4. The summed E-state index contributed by atoms with van der Waals surface area (Å²) in [4.78, 5) is 8.61. The Balaban J connectivity index is 2.11. The number of fused-ring (bicyclic) bond motifs is 1. The molecule has 4 heteroatoms. The van der Waals surface area contributed by atoms with E-state index in [1.165, 1.54) is 0 Å². The van der Waals surface area contributed by atoms with Crippen molar-refractivity contribution in [1.82, 2.24) is 9.97 Å². The Bertz CT molecular complexity index is 818. The zero-order valence-electron chi connectivity index (χ0n) is 11.0. The van der Waals surface area contributed by atoms with E-state index >= 15 is 0 Å². The van der Waals surface area contributed by atoms with Crippen LogP contribution in [0.1, 0.15) is 11.4 Å². The Morgan fingerprint density at radius 2 is 1.90 bits per heavy atom. The maximum absolute atomic E-state index is 9.09. The molecule has 3 aromatic rings. The molecule has 0 spiro atoms. The number of pyridine rings is 2. The lowest BCUT2D eigenvalue weighted by atomic mass is 10.1. The standard InChI is InChI=1S/C16H12N4/c1-11-7-8-12-4-2-5-14(16(12)19-11)20-13-6-3-9-18-15(13)10-17/h2-9,20H,1H3. The second kappa shape index (κ2) is 4.98. The highest BCUT2D eigenvalue weighted by Gasteiger charge is 2.06. The van der Waals surface area contributed by atoms with Gasteiger partial charge in [-0.05, 0) is 31.2 Å². The van der Waals surface area contributed by atoms with Crippen molar-refractivity contribution >= 4 is 22.3 Å². The first kappa shape index (κ1) is 12.1. The van der Waals surface area contributed by atoms with Gasteiger partial charge in [-0.1, -0.05) is 18.2 Å². The number of nitrogens with one attached hydrogen (secondary N) is 1. The lowest BCUT2D eigenvalue weighted by molar-refractivity contribution is 1.24. The highest BCUT2D eigenvalue weighted by Crippen LogP contribution is 2.26. The summed E-state index contributed by atoms with van der Waals surface area (Å²) in [6.07, 6.45) is 1.61. The molecule has 20 heavy (non-hydrogen) atoms. The first-order valence-electron chi connectivity index (χ1n) is 6.26. The maximum Gasteiger partial charge on any atom is 0.163 e. The van der Waals surface area contributed by atoms with E-state index in [1.807, 2.05) is 43.3 Å². The van der Waals surface area contributed by atoms with Crippen molar-refractivity contribution in [3.63, 3.8) is 0 Å². The highest BCUT2D eigenvalue weighted by molar-refractivity contribution is 5.92. The third kappa shape index (κ3) is 2.17. The van der Waals surface area contributed by atoms with Crippen molar-refractivity contribution in [2.75, 3.05) is 5.32 Å². The van der Waals surface area contributed by atoms with Crippen LogP contribution in [-0.4, -0.2) is 9.97 Å². The quantitative estimate of drug-likeness (QED) is 0.765. The molecule has 1 N–H and O–H groups in total. The predicted octanol–water partition coefficient (Wildman–Crippen LogP) is 3.55. The van der Waals surface area contributed by atoms with Gasteiger partial charge in [-0.15, -0.1) is 0 Å². The van der Waals surface area contributed by atoms with Gasteiger partial charge in [0.1, 0.15) is 6.07 Å². The SMILES string of the molecule is Cc1ccc2cccc(Nc3cccnc3C#N)c2n1. The van der Waals surface area contributed by atoms with Gasteiger partial charge in [-0.25, -0.2) is 4.98 Å². The summed E-state index contributed by atoms with van der Waals surface area (Å²) in [5.41, 5.74) is 3.78. The van der Waals surface area contributed by atoms with Crippen molar-refractivity contribution in [1.29, 1.82) is 5.26 Å². The van der Waals surface area contributed by atoms with Crippen LogP contribution in [0.15, 0.2) is 48.7 Å². The summed E-state index contributed by atoms with van der Waals surface area (Å²) in [6, 6.07) is 15.7. The van der Waals surface area contributed by atoms with Crippen LogP contribution in [0.3, 0.4) is 0 Å². The molecular weight excluding hydrogens is 248 g/mol. The number of hydrogen-bond donors (Lipinski definition) is 1. The number of nitriles is 1. The molecule has 0 amide bonds. The van der Waals surface area contributed by atoms with E-state index < -0.39 is 0 Å². The van der Waals surface area contributed by atoms with Gasteiger partial charge in [0.05, 0.1) is 16.9 Å². The number of anilines is 2. The number of para-hydroxylation sites is 1. The number of rotatable bonds is 2. The predicted molar refractivity (Wildman–Crippen MR) is 78.7 cm³/mol. The molecule has 2 heterocycles. The van der Waals surface area contributed by atoms with Gasteiger partial charge in [0.25, 0.3) is 0 Å². The molecule has 3 rings (SSSR count). The molecule has 0 unspecified atom stereocenters. The second-order valence-electron chi connectivity index (χ2n) is 4.47. The molecule has 0 bridgehead atoms. The van der Waals surface area contributed by atoms with E-state index in [4.69, 9.17) is 5.26 Å². The van der Waals surface area contributed by atoms with Gasteiger partial charge < -0.3 is 5.32 Å². The Hall–Kier alpha value is -2.93. The van der Waals surface area contributed by atoms with Crippen LogP contribution >= 0.6 is 0 Å². The van der Waals surface area contributed by atoms with Gasteiger partial charge in [-0.2, -0.15) is 5.26 Å². The first-order chi connectivity index (χ1) is 9.78. The minimum atomic E-state index is 0.372. The fourth-order valence-corrected chi connectivity index (χ4v) is 2.09. The number of benzene rings is 1. The van der Waals surface area contributed by atoms with Crippen LogP contribution in [0.2, 0.25) is 0 Å². The van der Waals surface area contributed by atoms with E-state index in [-0.39, 0.29) is 0 Å². The molecule has 2 aromatic heterocycles. The van der Waals surface area contributed by atoms with E-state index in [9.17, 15) is 0 Å². The van der Waals surface area contributed by atoms with Gasteiger partial charge in [0.15, 0.2) is 5.69 Å². The van der Waals surface area contributed by atoms with E-state index in [0.29, 0.717) is 11.4 Å². The summed E-state index contributed by atoms with van der Waals surface area (Å²) < 4.78 is 0. The minimum absolute atomic E-state index is 0.372. The molecule has 96 valence electrons. The Kier molecular flexibility index (Phi) is 3.02. The van der Waals surface area contributed by atoms with E-state index in [1.54, 1.807) is 12.3 Å². The fraction of sp³-hybridized carbons (Fsp3) is 0.0625. The minimum Gasteiger partial charge on any atom is -0.351 e. The van der Waals surface area contributed by atoms with E-state index in [0.717, 1.165) is 22.3 Å². The van der Waals surface area contributed by atoms with Gasteiger partial charge in [-0.3, -0.25) is 4.98 Å². The van der Waals surface area contributed by atoms with Crippen molar-refractivity contribution in [3.8, 4) is 6.07 Å². The molecule has 0 atom stereocenters. The van der Waals surface area contributed by atoms with Gasteiger partial charge in [0.2, 0.25) is 0 Å². The molecule has 0 aliphatic heterocycles. The summed E-state index contributed by atoms with van der Waals surface area (Å²) in [5.74, 6) is 0. The maximum atomic E-state index is 9.09. The fourth-order valence-electron chi connectivity index (χ4n) is 2.09. The Labute approximate surface area is 116 Å². The van der Waals surface area contributed by atoms with Crippen LogP contribution in [0, 0.1) is 18.3 Å². The molecule has 0 fully saturated rings. The average Bonchev–Trinajstić information content (AvgIpc) is 2.48. The zero-order valence-corrected chi connectivity index (χ0v) is 11.0. The molecule has 4 nitrogen and oxygen atoms in total. The zero-order chi connectivity index (χ0) is 13.9. The third-order valence-corrected chi connectivity index (χ3v) is 3.04. The molecule has 0 saturated carbocycles. The Morgan fingerprint density at radius 1 is 1.05 bits per heavy atom. The van der Waals surface area contributed by atoms with Crippen LogP contribution in [0.25, 0.3) is 10.9 Å². The van der Waals surface area contributed by atoms with Gasteiger partial charge >= 0.3 is 0 Å². The number of nitrogens with zero attached hydrogens (tertiary/aromatic N) is 3. The number of hydrogen-bond acceptors (Lipinski definition) is 4. The van der Waals surface area contributed by atoms with Crippen LogP contribution in [0.5, 0.6) is 0 Å². The topological polar surface area (TPSA) is 61.6 Å². The van der Waals surface area contributed by atoms with Crippen molar-refractivity contribution in [2.45, 2.75) is 6.92 Å². The summed E-state index contributed by atoms with van der Waals surface area (Å²) in [5, 5.41) is 13.4. The highest BCUT2D eigenvalue weighted by atomic mass is 14.9. The summed E-state index contributed by atoms with van der Waals surface area (Å²) >= 11 is 0. The molecule has 0 saturated heterocycles. The van der Waals surface area contributed by atoms with Crippen LogP contribution in [0.4, 0.5) is 11.4 Å². The monoisotopic (exact) mass is 260 g/mol.